The molecule has 1 heterocycles. The van der Waals surface area contributed by atoms with Gasteiger partial charge in [-0.15, -0.1) is 0 Å². The molecule has 24 heavy (non-hydrogen) atoms. The molecule has 0 saturated carbocycles. The van der Waals surface area contributed by atoms with Gasteiger partial charge in [-0.3, -0.25) is 19.3 Å². The van der Waals surface area contributed by atoms with Gasteiger partial charge in [0.05, 0.1) is 5.69 Å². The molecule has 0 aliphatic carbocycles. The van der Waals surface area contributed by atoms with Crippen LogP contribution >= 0.6 is 11.8 Å². The second kappa shape index (κ2) is 6.49. The number of carbonyl (C=O) groups is 3. The van der Waals surface area contributed by atoms with Crippen LogP contribution in [0.2, 0.25) is 0 Å². The van der Waals surface area contributed by atoms with Gasteiger partial charge in [-0.1, -0.05) is 36.4 Å². The van der Waals surface area contributed by atoms with Crippen LogP contribution in [0.4, 0.5) is 16.2 Å². The minimum absolute atomic E-state index is 0.280. The van der Waals surface area contributed by atoms with Crippen LogP contribution in [0.3, 0.4) is 0 Å². The smallest absolute Gasteiger partial charge is 0.290 e. The fourth-order valence-corrected chi connectivity index (χ4v) is 3.73. The van der Waals surface area contributed by atoms with Crippen molar-refractivity contribution in [3.63, 3.8) is 0 Å². The van der Waals surface area contributed by atoms with E-state index in [2.05, 4.69) is 0 Å². The number of benzene rings is 2. The highest BCUT2D eigenvalue weighted by molar-refractivity contribution is 8.16. The van der Waals surface area contributed by atoms with Crippen LogP contribution < -0.4 is 9.80 Å². The van der Waals surface area contributed by atoms with Gasteiger partial charge in [0.1, 0.15) is 0 Å². The molecule has 122 valence electrons. The first-order chi connectivity index (χ1) is 11.5. The molecule has 2 aromatic carbocycles. The first kappa shape index (κ1) is 16.3. The lowest BCUT2D eigenvalue weighted by Crippen LogP contribution is -2.44. The highest BCUT2D eigenvalue weighted by Crippen LogP contribution is 2.36. The standard InChI is InChI=1S/C18H16N2O3S/c1-12-8-6-7-11-15(12)19(13(2)21)17-16(22)20(18(23)24-17)14-9-4-3-5-10-14/h3-11,17H,1-2H3/t17-/m0/s1. The molecule has 0 bridgehead atoms. The summed E-state index contributed by atoms with van der Waals surface area (Å²) in [6, 6.07) is 16.0. The van der Waals surface area contributed by atoms with Crippen molar-refractivity contribution in [1.82, 2.24) is 0 Å². The van der Waals surface area contributed by atoms with E-state index in [0.29, 0.717) is 11.4 Å². The third-order valence-corrected chi connectivity index (χ3v) is 4.81. The van der Waals surface area contributed by atoms with E-state index in [0.717, 1.165) is 22.2 Å². The number of nitrogens with zero attached hydrogens (tertiary/aromatic N) is 2. The van der Waals surface area contributed by atoms with Crippen LogP contribution in [-0.4, -0.2) is 22.4 Å². The Kier molecular flexibility index (Phi) is 4.40. The van der Waals surface area contributed by atoms with Gasteiger partial charge >= 0.3 is 0 Å². The number of anilines is 2. The minimum atomic E-state index is -0.892. The summed E-state index contributed by atoms with van der Waals surface area (Å²) in [7, 11) is 0. The number of para-hydroxylation sites is 2. The molecule has 3 amide bonds. The lowest BCUT2D eigenvalue weighted by molar-refractivity contribution is -0.121. The molecule has 0 N–H and O–H groups in total. The van der Waals surface area contributed by atoms with Crippen molar-refractivity contribution >= 4 is 40.2 Å². The Balaban J connectivity index is 1.99. The molecule has 0 spiro atoms. The number of thioether (sulfide) groups is 1. The van der Waals surface area contributed by atoms with Gasteiger partial charge in [0.15, 0.2) is 5.37 Å². The van der Waals surface area contributed by atoms with Crippen LogP contribution in [0.25, 0.3) is 0 Å². The quantitative estimate of drug-likeness (QED) is 0.857. The maximum absolute atomic E-state index is 12.8. The highest BCUT2D eigenvalue weighted by atomic mass is 32.2. The Morgan fingerprint density at radius 1 is 1.04 bits per heavy atom. The third kappa shape index (κ3) is 2.80. The summed E-state index contributed by atoms with van der Waals surface area (Å²) in [5.41, 5.74) is 2.01. The van der Waals surface area contributed by atoms with E-state index in [1.807, 2.05) is 25.1 Å². The fourth-order valence-electron chi connectivity index (χ4n) is 2.67. The van der Waals surface area contributed by atoms with Crippen LogP contribution in [0.15, 0.2) is 54.6 Å². The number of aryl methyl sites for hydroxylation is 1. The molecular formula is C18H16N2O3S. The molecule has 3 rings (SSSR count). The number of hydrogen-bond donors (Lipinski definition) is 0. The van der Waals surface area contributed by atoms with Gasteiger partial charge in [0.2, 0.25) is 5.91 Å². The summed E-state index contributed by atoms with van der Waals surface area (Å²) in [6.07, 6.45) is 0. The van der Waals surface area contributed by atoms with Crippen molar-refractivity contribution in [1.29, 1.82) is 0 Å². The summed E-state index contributed by atoms with van der Waals surface area (Å²) >= 11 is 0.859. The lowest BCUT2D eigenvalue weighted by Gasteiger charge is -2.27. The Morgan fingerprint density at radius 2 is 1.67 bits per heavy atom. The van der Waals surface area contributed by atoms with Gasteiger partial charge in [0, 0.05) is 12.6 Å². The SMILES string of the molecule is CC(=O)N(c1ccccc1C)[C@H]1SC(=O)N(c2ccccc2)C1=O. The molecule has 0 unspecified atom stereocenters. The maximum atomic E-state index is 12.8. The van der Waals surface area contributed by atoms with Crippen molar-refractivity contribution in [2.24, 2.45) is 0 Å². The molecular weight excluding hydrogens is 324 g/mol. The maximum Gasteiger partial charge on any atom is 0.295 e. The van der Waals surface area contributed by atoms with Crippen LogP contribution in [0.1, 0.15) is 12.5 Å². The molecule has 5 nitrogen and oxygen atoms in total. The largest absolute Gasteiger partial charge is 0.295 e. The molecule has 1 aliphatic rings. The molecule has 0 aromatic heterocycles. The highest BCUT2D eigenvalue weighted by Gasteiger charge is 2.45. The lowest BCUT2D eigenvalue weighted by atomic mass is 10.1. The first-order valence-corrected chi connectivity index (χ1v) is 8.33. The molecule has 1 aliphatic heterocycles. The fraction of sp³-hybridized carbons (Fsp3) is 0.167. The van der Waals surface area contributed by atoms with E-state index in [-0.39, 0.29) is 11.1 Å². The van der Waals surface area contributed by atoms with Crippen molar-refractivity contribution in [3.8, 4) is 0 Å². The van der Waals surface area contributed by atoms with Crippen molar-refractivity contribution in [2.45, 2.75) is 19.2 Å². The van der Waals surface area contributed by atoms with Gasteiger partial charge in [0.25, 0.3) is 11.1 Å². The zero-order valence-corrected chi connectivity index (χ0v) is 14.1. The molecule has 2 aromatic rings. The predicted octanol–water partition coefficient (Wildman–Crippen LogP) is 3.57. The Labute approximate surface area is 144 Å². The molecule has 1 saturated heterocycles. The van der Waals surface area contributed by atoms with E-state index < -0.39 is 11.3 Å². The molecule has 1 fully saturated rings. The van der Waals surface area contributed by atoms with Crippen molar-refractivity contribution < 1.29 is 14.4 Å². The van der Waals surface area contributed by atoms with Gasteiger partial charge < -0.3 is 0 Å². The summed E-state index contributed by atoms with van der Waals surface area (Å²) < 4.78 is 0. The van der Waals surface area contributed by atoms with Gasteiger partial charge in [-0.25, -0.2) is 4.90 Å². The van der Waals surface area contributed by atoms with E-state index in [1.165, 1.54) is 11.8 Å². The first-order valence-electron chi connectivity index (χ1n) is 7.46. The van der Waals surface area contributed by atoms with Crippen LogP contribution in [0.5, 0.6) is 0 Å². The number of hydrogen-bond acceptors (Lipinski definition) is 4. The normalized spacial score (nSPS) is 17.2. The van der Waals surface area contributed by atoms with Gasteiger partial charge in [-0.2, -0.15) is 0 Å². The second-order valence-electron chi connectivity index (χ2n) is 5.42. The summed E-state index contributed by atoms with van der Waals surface area (Å²) in [4.78, 5) is 39.9. The molecule has 0 radical (unpaired) electrons. The summed E-state index contributed by atoms with van der Waals surface area (Å²) in [5.74, 6) is -0.687. The Bertz CT molecular complexity index is 807. The van der Waals surface area contributed by atoms with E-state index in [4.69, 9.17) is 0 Å². The summed E-state index contributed by atoms with van der Waals surface area (Å²) in [5, 5.41) is -1.27. The van der Waals surface area contributed by atoms with E-state index in [9.17, 15) is 14.4 Å². The predicted molar refractivity (Wildman–Crippen MR) is 95.0 cm³/mol. The Hall–Kier alpha value is -2.60. The Morgan fingerprint density at radius 3 is 2.29 bits per heavy atom. The van der Waals surface area contributed by atoms with Gasteiger partial charge in [-0.05, 0) is 42.4 Å². The number of amides is 3. The summed E-state index contributed by atoms with van der Waals surface area (Å²) in [6.45, 7) is 3.27. The van der Waals surface area contributed by atoms with Crippen molar-refractivity contribution in [3.05, 3.63) is 60.2 Å². The number of imide groups is 1. The van der Waals surface area contributed by atoms with Crippen molar-refractivity contribution in [2.75, 3.05) is 9.80 Å². The molecule has 6 heteroatoms. The topological polar surface area (TPSA) is 57.7 Å². The van der Waals surface area contributed by atoms with Crippen LogP contribution in [0, 0.1) is 6.92 Å². The van der Waals surface area contributed by atoms with Crippen LogP contribution in [-0.2, 0) is 9.59 Å². The average Bonchev–Trinajstić information content (AvgIpc) is 2.85. The number of carbonyl (C=O) groups excluding carboxylic acids is 3. The zero-order chi connectivity index (χ0) is 17.3. The monoisotopic (exact) mass is 340 g/mol. The minimum Gasteiger partial charge on any atom is -0.290 e. The zero-order valence-electron chi connectivity index (χ0n) is 13.3. The van der Waals surface area contributed by atoms with E-state index >= 15 is 0 Å². The van der Waals surface area contributed by atoms with E-state index in [1.54, 1.807) is 36.4 Å². The molecule has 1 atom stereocenters. The third-order valence-electron chi connectivity index (χ3n) is 3.79. The number of rotatable bonds is 3. The second-order valence-corrected chi connectivity index (χ2v) is 6.45. The average molecular weight is 340 g/mol.